The fraction of sp³-hybridized carbons (Fsp3) is 0.571. The zero-order chi connectivity index (χ0) is 15.6. The Balaban J connectivity index is 2.49. The summed E-state index contributed by atoms with van der Waals surface area (Å²) >= 11 is -0.792. The molecule has 0 fully saturated rings. The highest BCUT2D eigenvalue weighted by atomic mass is 32.2. The number of hydrogen-bond acceptors (Lipinski definition) is 5. The van der Waals surface area contributed by atoms with Crippen LogP contribution < -0.4 is 5.73 Å². The molecular formula is C14H22N4O2S. The topological polar surface area (TPSA) is 89.0 Å². The lowest BCUT2D eigenvalue weighted by atomic mass is 10.2. The minimum atomic E-state index is -0.792. The molecule has 2 unspecified atom stereocenters. The van der Waals surface area contributed by atoms with Crippen molar-refractivity contribution in [2.24, 2.45) is 0 Å². The normalized spacial score (nSPS) is 14.5. The predicted molar refractivity (Wildman–Crippen MR) is 85.7 cm³/mol. The Labute approximate surface area is 127 Å². The van der Waals surface area contributed by atoms with Crippen molar-refractivity contribution in [3.63, 3.8) is 0 Å². The Bertz CT molecular complexity index is 627. The van der Waals surface area contributed by atoms with Gasteiger partial charge in [-0.2, -0.15) is 0 Å². The smallest absolute Gasteiger partial charge is 0.151 e. The van der Waals surface area contributed by atoms with Crippen LogP contribution in [0.5, 0.6) is 0 Å². The van der Waals surface area contributed by atoms with Crippen LogP contribution in [-0.2, 0) is 22.5 Å². The van der Waals surface area contributed by atoms with Gasteiger partial charge in [0.15, 0.2) is 5.82 Å². The molecular weight excluding hydrogens is 288 g/mol. The Hall–Kier alpha value is -1.31. The lowest BCUT2D eigenvalue weighted by molar-refractivity contribution is 0.109. The highest BCUT2D eigenvalue weighted by Gasteiger charge is 2.19. The summed E-state index contributed by atoms with van der Waals surface area (Å²) in [6.07, 6.45) is 4.16. The zero-order valence-electron chi connectivity index (χ0n) is 12.9. The van der Waals surface area contributed by atoms with Gasteiger partial charge < -0.3 is 19.6 Å². The number of nitrogens with zero attached hydrogens (tertiary/aromatic N) is 3. The maximum Gasteiger partial charge on any atom is 0.151 e. The molecule has 0 radical (unpaired) electrons. The van der Waals surface area contributed by atoms with E-state index >= 15 is 0 Å². The number of aryl methyl sites for hydroxylation is 2. The van der Waals surface area contributed by atoms with Crippen molar-refractivity contribution < 1.29 is 9.29 Å². The van der Waals surface area contributed by atoms with Crippen molar-refractivity contribution >= 4 is 28.0 Å². The Morgan fingerprint density at radius 2 is 2.24 bits per heavy atom. The number of methoxy groups -OCH3 is 1. The van der Waals surface area contributed by atoms with Gasteiger partial charge in [-0.1, -0.05) is 11.2 Å². The van der Waals surface area contributed by atoms with Gasteiger partial charge in [-0.25, -0.2) is 9.97 Å². The number of anilines is 1. The van der Waals surface area contributed by atoms with Crippen LogP contribution in [0, 0.1) is 6.92 Å². The van der Waals surface area contributed by atoms with Gasteiger partial charge in [-0.15, -0.1) is 0 Å². The number of pyridine rings is 1. The van der Waals surface area contributed by atoms with E-state index in [0.29, 0.717) is 17.1 Å². The lowest BCUT2D eigenvalue weighted by Gasteiger charge is -2.14. The fourth-order valence-corrected chi connectivity index (χ4v) is 2.94. The van der Waals surface area contributed by atoms with Gasteiger partial charge in [0.05, 0.1) is 11.8 Å². The highest BCUT2D eigenvalue weighted by Crippen LogP contribution is 2.27. The molecule has 2 rings (SSSR count). The highest BCUT2D eigenvalue weighted by molar-refractivity contribution is 7.90. The van der Waals surface area contributed by atoms with Gasteiger partial charge in [-0.3, -0.25) is 0 Å². The summed E-state index contributed by atoms with van der Waals surface area (Å²) in [5.74, 6) is 1.93. The average molecular weight is 310 g/mol. The largest absolute Gasteiger partial charge is 0.617 e. The second-order valence-electron chi connectivity index (χ2n) is 5.15. The Kier molecular flexibility index (Phi) is 5.08. The van der Waals surface area contributed by atoms with E-state index in [0.717, 1.165) is 29.9 Å². The van der Waals surface area contributed by atoms with Gasteiger partial charge in [0.1, 0.15) is 23.2 Å². The van der Waals surface area contributed by atoms with Crippen LogP contribution in [-0.4, -0.2) is 38.2 Å². The number of aromatic nitrogens is 3. The lowest BCUT2D eigenvalue weighted by Crippen LogP contribution is -2.12. The molecule has 0 aliphatic heterocycles. The van der Waals surface area contributed by atoms with Crippen molar-refractivity contribution in [2.45, 2.75) is 32.9 Å². The van der Waals surface area contributed by atoms with Crippen LogP contribution in [0.4, 0.5) is 5.82 Å². The Morgan fingerprint density at radius 1 is 1.52 bits per heavy atom. The summed E-state index contributed by atoms with van der Waals surface area (Å²) in [4.78, 5) is 8.78. The van der Waals surface area contributed by atoms with Crippen molar-refractivity contribution in [1.82, 2.24) is 14.5 Å². The molecule has 2 aromatic heterocycles. The summed E-state index contributed by atoms with van der Waals surface area (Å²) < 4.78 is 18.8. The third-order valence-electron chi connectivity index (χ3n) is 3.54. The SMILES string of the molecule is COC(C)c1nc2c(N)ncc(C)c2n1CCC[S+](C)[O-]. The second-order valence-corrected chi connectivity index (χ2v) is 6.71. The van der Waals surface area contributed by atoms with E-state index in [1.54, 1.807) is 19.6 Å². The summed E-state index contributed by atoms with van der Waals surface area (Å²) in [6.45, 7) is 4.68. The molecule has 2 aromatic rings. The number of nitrogen functional groups attached to an aromatic ring is 1. The molecule has 0 bridgehead atoms. The first-order valence-electron chi connectivity index (χ1n) is 6.89. The fourth-order valence-electron chi connectivity index (χ4n) is 2.41. The van der Waals surface area contributed by atoms with Crippen molar-refractivity contribution in [2.75, 3.05) is 24.9 Å². The second kappa shape index (κ2) is 6.64. The van der Waals surface area contributed by atoms with Crippen LogP contribution in [0.1, 0.15) is 30.8 Å². The molecule has 0 aliphatic carbocycles. The van der Waals surface area contributed by atoms with Gasteiger partial charge in [0, 0.05) is 26.3 Å². The number of hydrogen-bond donors (Lipinski definition) is 1. The van der Waals surface area contributed by atoms with E-state index in [-0.39, 0.29) is 6.10 Å². The molecule has 0 aromatic carbocycles. The maximum absolute atomic E-state index is 11.3. The first-order valence-corrected chi connectivity index (χ1v) is 8.62. The minimum absolute atomic E-state index is 0.136. The molecule has 21 heavy (non-hydrogen) atoms. The van der Waals surface area contributed by atoms with E-state index in [9.17, 15) is 4.55 Å². The third kappa shape index (κ3) is 3.30. The van der Waals surface area contributed by atoms with Gasteiger partial charge in [0.2, 0.25) is 0 Å². The van der Waals surface area contributed by atoms with Gasteiger partial charge >= 0.3 is 0 Å². The summed E-state index contributed by atoms with van der Waals surface area (Å²) in [7, 11) is 1.66. The van der Waals surface area contributed by atoms with Gasteiger partial charge in [0.25, 0.3) is 0 Å². The molecule has 2 heterocycles. The number of imidazole rings is 1. The van der Waals surface area contributed by atoms with Crippen LogP contribution >= 0.6 is 0 Å². The van der Waals surface area contributed by atoms with Crippen molar-refractivity contribution in [3.8, 4) is 0 Å². The van der Waals surface area contributed by atoms with Crippen molar-refractivity contribution in [1.29, 1.82) is 0 Å². The van der Waals surface area contributed by atoms with E-state index in [1.807, 2.05) is 13.8 Å². The standard InChI is InChI=1S/C14H22N4O2S/c1-9-8-16-13(15)11-12(9)18(6-5-7-21(4)19)14(17-11)10(2)20-3/h8,10H,5-7H2,1-4H3,(H2,15,16). The molecule has 2 N–H and O–H groups in total. The summed E-state index contributed by atoms with van der Waals surface area (Å²) in [5, 5.41) is 0. The quantitative estimate of drug-likeness (QED) is 0.822. The van der Waals surface area contributed by atoms with E-state index in [4.69, 9.17) is 10.5 Å². The van der Waals surface area contributed by atoms with Crippen LogP contribution in [0.3, 0.4) is 0 Å². The first kappa shape index (κ1) is 16.1. The van der Waals surface area contributed by atoms with Crippen LogP contribution in [0.15, 0.2) is 6.20 Å². The molecule has 0 saturated carbocycles. The summed E-state index contributed by atoms with van der Waals surface area (Å²) in [6, 6.07) is 0. The zero-order valence-corrected chi connectivity index (χ0v) is 13.7. The van der Waals surface area contributed by atoms with Crippen molar-refractivity contribution in [3.05, 3.63) is 17.6 Å². The predicted octanol–water partition coefficient (Wildman–Crippen LogP) is 1.80. The van der Waals surface area contributed by atoms with E-state index in [1.165, 1.54) is 0 Å². The molecule has 0 aliphatic rings. The first-order chi connectivity index (χ1) is 9.95. The Morgan fingerprint density at radius 3 is 2.86 bits per heavy atom. The third-order valence-corrected chi connectivity index (χ3v) is 4.40. The van der Waals surface area contributed by atoms with Crippen LogP contribution in [0.25, 0.3) is 11.0 Å². The average Bonchev–Trinajstić information content (AvgIpc) is 2.82. The molecule has 116 valence electrons. The molecule has 0 amide bonds. The monoisotopic (exact) mass is 310 g/mol. The minimum Gasteiger partial charge on any atom is -0.617 e. The van der Waals surface area contributed by atoms with E-state index in [2.05, 4.69) is 14.5 Å². The molecule has 0 saturated heterocycles. The number of nitrogens with two attached hydrogens (primary N) is 1. The van der Waals surface area contributed by atoms with Gasteiger partial charge in [-0.05, 0) is 19.4 Å². The van der Waals surface area contributed by atoms with E-state index < -0.39 is 11.2 Å². The number of ether oxygens (including phenoxy) is 1. The number of fused-ring (bicyclic) bond motifs is 1. The molecule has 0 spiro atoms. The molecule has 7 heteroatoms. The van der Waals surface area contributed by atoms with Crippen LogP contribution in [0.2, 0.25) is 0 Å². The molecule has 2 atom stereocenters. The molecule has 6 nitrogen and oxygen atoms in total. The number of rotatable bonds is 6. The summed E-state index contributed by atoms with van der Waals surface area (Å²) in [5.41, 5.74) is 8.68. The maximum atomic E-state index is 11.3.